The summed E-state index contributed by atoms with van der Waals surface area (Å²) in [6, 6.07) is 9.40. The summed E-state index contributed by atoms with van der Waals surface area (Å²) in [4.78, 5) is 42.8. The highest BCUT2D eigenvalue weighted by Gasteiger charge is 2.45. The average molecular weight is 427 g/mol. The van der Waals surface area contributed by atoms with E-state index in [1.54, 1.807) is 7.11 Å². The van der Waals surface area contributed by atoms with Crippen LogP contribution >= 0.6 is 0 Å². The van der Waals surface area contributed by atoms with Gasteiger partial charge in [-0.2, -0.15) is 0 Å². The van der Waals surface area contributed by atoms with Gasteiger partial charge in [-0.1, -0.05) is 36.8 Å². The molecule has 2 aromatic rings. The lowest BCUT2D eigenvalue weighted by Crippen LogP contribution is -2.45. The number of hydrogen-bond donors (Lipinski definition) is 2. The molecule has 0 spiro atoms. The number of nitrogens with zero attached hydrogens (tertiary/aromatic N) is 2. The molecule has 0 radical (unpaired) electrons. The summed E-state index contributed by atoms with van der Waals surface area (Å²) < 4.78 is 6.48. The molecule has 4 rings (SSSR count). The fraction of sp³-hybridized carbons (Fsp3) is 0.522. The van der Waals surface area contributed by atoms with Crippen LogP contribution in [0.15, 0.2) is 39.9 Å². The zero-order chi connectivity index (χ0) is 22.0. The van der Waals surface area contributed by atoms with Crippen LogP contribution in [0.4, 0.5) is 11.5 Å². The Kier molecular flexibility index (Phi) is 6.27. The van der Waals surface area contributed by atoms with Gasteiger partial charge in [-0.3, -0.25) is 19.1 Å². The molecule has 1 aromatic heterocycles. The SMILES string of the molecule is COCCCN(C(=O)C1CC2CCC1C2)c1c(N)n(Cc2ccccc2)c(=O)[nH]c1=O. The number of amides is 1. The van der Waals surface area contributed by atoms with Crippen LogP contribution in [0.25, 0.3) is 0 Å². The number of carbonyl (C=O) groups is 1. The van der Waals surface area contributed by atoms with E-state index in [2.05, 4.69) is 4.98 Å². The van der Waals surface area contributed by atoms with Crippen LogP contribution in [0.5, 0.6) is 0 Å². The molecule has 1 heterocycles. The number of carbonyl (C=O) groups excluding carboxylic acids is 1. The predicted molar refractivity (Wildman–Crippen MR) is 119 cm³/mol. The van der Waals surface area contributed by atoms with E-state index in [4.69, 9.17) is 10.5 Å². The molecule has 3 N–H and O–H groups in total. The third-order valence-electron chi connectivity index (χ3n) is 6.72. The number of anilines is 2. The van der Waals surface area contributed by atoms with Gasteiger partial charge in [0.25, 0.3) is 5.56 Å². The third-order valence-corrected chi connectivity index (χ3v) is 6.72. The molecule has 2 saturated carbocycles. The largest absolute Gasteiger partial charge is 0.385 e. The summed E-state index contributed by atoms with van der Waals surface area (Å²) in [5.41, 5.74) is 6.10. The van der Waals surface area contributed by atoms with Crippen molar-refractivity contribution in [2.75, 3.05) is 30.9 Å². The van der Waals surface area contributed by atoms with Crippen molar-refractivity contribution in [2.45, 2.75) is 38.6 Å². The highest BCUT2D eigenvalue weighted by molar-refractivity contribution is 5.97. The van der Waals surface area contributed by atoms with Crippen LogP contribution in [-0.4, -0.2) is 35.7 Å². The minimum Gasteiger partial charge on any atom is -0.385 e. The minimum absolute atomic E-state index is 0.0199. The Balaban J connectivity index is 1.71. The second-order valence-corrected chi connectivity index (χ2v) is 8.68. The number of rotatable bonds is 8. The van der Waals surface area contributed by atoms with E-state index in [9.17, 15) is 14.4 Å². The Hall–Kier alpha value is -2.87. The van der Waals surface area contributed by atoms with Crippen molar-refractivity contribution in [1.82, 2.24) is 9.55 Å². The summed E-state index contributed by atoms with van der Waals surface area (Å²) in [6.45, 7) is 0.989. The molecule has 1 aromatic carbocycles. The highest BCUT2D eigenvalue weighted by atomic mass is 16.5. The van der Waals surface area contributed by atoms with Gasteiger partial charge in [0.05, 0.1) is 6.54 Å². The Labute approximate surface area is 181 Å². The smallest absolute Gasteiger partial charge is 0.330 e. The van der Waals surface area contributed by atoms with E-state index in [-0.39, 0.29) is 29.9 Å². The van der Waals surface area contributed by atoms with Crippen molar-refractivity contribution >= 4 is 17.4 Å². The number of methoxy groups -OCH3 is 1. The first-order valence-electron chi connectivity index (χ1n) is 11.0. The van der Waals surface area contributed by atoms with E-state index in [0.717, 1.165) is 24.8 Å². The standard InChI is InChI=1S/C23H30N4O4/c1-31-11-5-10-26(22(29)18-13-16-8-9-17(18)12-16)19-20(24)27(23(30)25-21(19)28)14-15-6-3-2-4-7-15/h2-4,6-7,16-18H,5,8-14,24H2,1H3,(H,25,28,30). The number of benzene rings is 1. The van der Waals surface area contributed by atoms with Crippen molar-refractivity contribution in [3.05, 3.63) is 56.7 Å². The van der Waals surface area contributed by atoms with Gasteiger partial charge in [0, 0.05) is 26.2 Å². The summed E-state index contributed by atoms with van der Waals surface area (Å²) in [6.07, 6.45) is 4.77. The molecule has 1 amide bonds. The molecule has 2 fully saturated rings. The van der Waals surface area contributed by atoms with Crippen LogP contribution in [-0.2, 0) is 16.1 Å². The third kappa shape index (κ3) is 4.30. The predicted octanol–water partition coefficient (Wildman–Crippen LogP) is 1.97. The zero-order valence-electron chi connectivity index (χ0n) is 17.9. The maximum Gasteiger partial charge on any atom is 0.330 e. The molecular formula is C23H30N4O4. The van der Waals surface area contributed by atoms with Crippen molar-refractivity contribution < 1.29 is 9.53 Å². The zero-order valence-corrected chi connectivity index (χ0v) is 17.9. The molecule has 2 aliphatic carbocycles. The monoisotopic (exact) mass is 426 g/mol. The van der Waals surface area contributed by atoms with Gasteiger partial charge in [-0.15, -0.1) is 0 Å². The molecule has 8 heteroatoms. The van der Waals surface area contributed by atoms with Gasteiger partial charge in [-0.05, 0) is 43.1 Å². The summed E-state index contributed by atoms with van der Waals surface area (Å²) >= 11 is 0. The molecular weight excluding hydrogens is 396 g/mol. The van der Waals surface area contributed by atoms with E-state index >= 15 is 0 Å². The number of ether oxygens (including phenoxy) is 1. The van der Waals surface area contributed by atoms with Crippen LogP contribution < -0.4 is 21.9 Å². The molecule has 3 atom stereocenters. The van der Waals surface area contributed by atoms with E-state index < -0.39 is 11.2 Å². The number of nitrogen functional groups attached to an aromatic ring is 1. The number of nitrogens with one attached hydrogen (secondary N) is 1. The van der Waals surface area contributed by atoms with E-state index in [1.807, 2.05) is 30.3 Å². The van der Waals surface area contributed by atoms with Crippen LogP contribution in [0, 0.1) is 17.8 Å². The molecule has 0 saturated heterocycles. The number of fused-ring (bicyclic) bond motifs is 2. The summed E-state index contributed by atoms with van der Waals surface area (Å²) in [5, 5.41) is 0. The quantitative estimate of drug-likeness (QED) is 0.627. The summed E-state index contributed by atoms with van der Waals surface area (Å²) in [5.74, 6) is 0.840. The number of hydrogen-bond acceptors (Lipinski definition) is 5. The Morgan fingerprint density at radius 3 is 2.65 bits per heavy atom. The Morgan fingerprint density at radius 1 is 1.23 bits per heavy atom. The molecule has 31 heavy (non-hydrogen) atoms. The first kappa shape index (κ1) is 21.4. The van der Waals surface area contributed by atoms with Crippen molar-refractivity contribution in [3.8, 4) is 0 Å². The summed E-state index contributed by atoms with van der Waals surface area (Å²) in [7, 11) is 1.60. The topological polar surface area (TPSA) is 110 Å². The highest BCUT2D eigenvalue weighted by Crippen LogP contribution is 2.49. The number of nitrogens with two attached hydrogens (primary N) is 1. The number of aromatic nitrogens is 2. The second kappa shape index (κ2) is 9.09. The van der Waals surface area contributed by atoms with Crippen molar-refractivity contribution in [3.63, 3.8) is 0 Å². The van der Waals surface area contributed by atoms with Gasteiger partial charge in [0.1, 0.15) is 5.82 Å². The maximum atomic E-state index is 13.6. The van der Waals surface area contributed by atoms with Gasteiger partial charge < -0.3 is 15.4 Å². The van der Waals surface area contributed by atoms with Gasteiger partial charge in [0.2, 0.25) is 5.91 Å². The molecule has 166 valence electrons. The van der Waals surface area contributed by atoms with Gasteiger partial charge in [-0.25, -0.2) is 4.79 Å². The van der Waals surface area contributed by atoms with Crippen molar-refractivity contribution in [1.29, 1.82) is 0 Å². The van der Waals surface area contributed by atoms with Crippen LogP contribution in [0.1, 0.15) is 37.7 Å². The lowest BCUT2D eigenvalue weighted by atomic mass is 9.87. The van der Waals surface area contributed by atoms with Crippen LogP contribution in [0.2, 0.25) is 0 Å². The normalized spacial score (nSPS) is 22.0. The lowest BCUT2D eigenvalue weighted by molar-refractivity contribution is -0.123. The lowest BCUT2D eigenvalue weighted by Gasteiger charge is -2.30. The van der Waals surface area contributed by atoms with Crippen molar-refractivity contribution in [2.24, 2.45) is 17.8 Å². The average Bonchev–Trinajstić information content (AvgIpc) is 3.39. The Bertz CT molecular complexity index is 1050. The number of aromatic amines is 1. The Morgan fingerprint density at radius 2 is 2.00 bits per heavy atom. The van der Waals surface area contributed by atoms with Gasteiger partial charge >= 0.3 is 5.69 Å². The van der Waals surface area contributed by atoms with Gasteiger partial charge in [0.15, 0.2) is 5.69 Å². The maximum absolute atomic E-state index is 13.6. The fourth-order valence-corrected chi connectivity index (χ4v) is 5.21. The first-order chi connectivity index (χ1) is 15.0. The molecule has 2 aliphatic rings. The fourth-order valence-electron chi connectivity index (χ4n) is 5.21. The molecule has 0 aliphatic heterocycles. The molecule has 8 nitrogen and oxygen atoms in total. The molecule has 2 bridgehead atoms. The minimum atomic E-state index is -0.624. The number of H-pyrrole nitrogens is 1. The molecule has 3 unspecified atom stereocenters. The van der Waals surface area contributed by atoms with E-state index in [0.29, 0.717) is 31.4 Å². The van der Waals surface area contributed by atoms with Crippen LogP contribution in [0.3, 0.4) is 0 Å². The second-order valence-electron chi connectivity index (χ2n) is 8.68. The first-order valence-corrected chi connectivity index (χ1v) is 11.0. The van der Waals surface area contributed by atoms with E-state index in [1.165, 1.54) is 15.9 Å².